The van der Waals surface area contributed by atoms with E-state index in [1.165, 1.54) is 0 Å². The molecule has 0 aliphatic heterocycles. The Labute approximate surface area is 84.8 Å². The van der Waals surface area contributed by atoms with Gasteiger partial charge in [-0.1, -0.05) is 17.7 Å². The molecular weight excluding hydrogens is 200 g/mol. The number of aryl methyl sites for hydroxylation is 3. The highest BCUT2D eigenvalue weighted by Gasteiger charge is 2.10. The maximum Gasteiger partial charge on any atom is 0.306 e. The summed E-state index contributed by atoms with van der Waals surface area (Å²) in [4.78, 5) is 0. The van der Waals surface area contributed by atoms with Crippen LogP contribution < -0.4 is 4.18 Å². The van der Waals surface area contributed by atoms with E-state index in [2.05, 4.69) is 0 Å². The summed E-state index contributed by atoms with van der Waals surface area (Å²) in [5.41, 5.74) is 2.78. The summed E-state index contributed by atoms with van der Waals surface area (Å²) in [6, 6.07) is 3.79. The van der Waals surface area contributed by atoms with E-state index in [9.17, 15) is 8.42 Å². The molecule has 0 bridgehead atoms. The zero-order valence-electron chi connectivity index (χ0n) is 8.79. The monoisotopic (exact) mass is 214 g/mol. The van der Waals surface area contributed by atoms with E-state index in [-0.39, 0.29) is 0 Å². The minimum Gasteiger partial charge on any atom is -0.382 e. The number of hydrogen-bond donors (Lipinski definition) is 0. The third-order valence-electron chi connectivity index (χ3n) is 1.84. The Kier molecular flexibility index (Phi) is 2.85. The van der Waals surface area contributed by atoms with E-state index in [4.69, 9.17) is 4.18 Å². The van der Waals surface area contributed by atoms with Crippen LogP contribution in [-0.2, 0) is 10.1 Å². The van der Waals surface area contributed by atoms with Crippen molar-refractivity contribution in [2.45, 2.75) is 20.8 Å². The zero-order chi connectivity index (χ0) is 10.9. The van der Waals surface area contributed by atoms with Gasteiger partial charge in [-0.15, -0.1) is 0 Å². The molecule has 0 saturated carbocycles. The number of rotatable bonds is 2. The first-order chi connectivity index (χ1) is 6.29. The fourth-order valence-electron chi connectivity index (χ4n) is 1.45. The fourth-order valence-corrected chi connectivity index (χ4v) is 2.02. The van der Waals surface area contributed by atoms with E-state index in [1.54, 1.807) is 0 Å². The molecule has 0 N–H and O–H groups in total. The van der Waals surface area contributed by atoms with E-state index in [0.717, 1.165) is 22.9 Å². The Morgan fingerprint density at radius 1 is 1.07 bits per heavy atom. The van der Waals surface area contributed by atoms with Crippen molar-refractivity contribution in [2.75, 3.05) is 6.26 Å². The Morgan fingerprint density at radius 3 is 1.86 bits per heavy atom. The van der Waals surface area contributed by atoms with Gasteiger partial charge in [0.25, 0.3) is 0 Å². The van der Waals surface area contributed by atoms with E-state index >= 15 is 0 Å². The van der Waals surface area contributed by atoms with E-state index < -0.39 is 10.1 Å². The Balaban J connectivity index is 3.22. The highest BCUT2D eigenvalue weighted by Crippen LogP contribution is 2.25. The normalized spacial score (nSPS) is 11.4. The molecule has 0 amide bonds. The van der Waals surface area contributed by atoms with Crippen LogP contribution in [0.25, 0.3) is 0 Å². The van der Waals surface area contributed by atoms with Crippen molar-refractivity contribution in [1.29, 1.82) is 0 Å². The molecule has 3 nitrogen and oxygen atoms in total. The second-order valence-electron chi connectivity index (χ2n) is 3.52. The molecule has 1 aromatic carbocycles. The Bertz CT molecular complexity index is 423. The van der Waals surface area contributed by atoms with Crippen LogP contribution in [0.4, 0.5) is 0 Å². The van der Waals surface area contributed by atoms with E-state index in [1.807, 2.05) is 32.9 Å². The zero-order valence-corrected chi connectivity index (χ0v) is 9.60. The largest absolute Gasteiger partial charge is 0.382 e. The summed E-state index contributed by atoms with van der Waals surface area (Å²) in [6.07, 6.45) is 1.05. The highest BCUT2D eigenvalue weighted by atomic mass is 32.2. The van der Waals surface area contributed by atoms with Crippen LogP contribution in [0.5, 0.6) is 5.75 Å². The first-order valence-corrected chi connectivity index (χ1v) is 6.08. The van der Waals surface area contributed by atoms with Crippen molar-refractivity contribution in [1.82, 2.24) is 0 Å². The first kappa shape index (κ1) is 11.0. The van der Waals surface area contributed by atoms with Crippen LogP contribution in [0.3, 0.4) is 0 Å². The lowest BCUT2D eigenvalue weighted by atomic mass is 10.1. The van der Waals surface area contributed by atoms with Gasteiger partial charge in [-0.05, 0) is 31.9 Å². The molecule has 0 saturated heterocycles. The van der Waals surface area contributed by atoms with Gasteiger partial charge < -0.3 is 4.18 Å². The first-order valence-electron chi connectivity index (χ1n) is 4.27. The fraction of sp³-hybridized carbons (Fsp3) is 0.400. The van der Waals surface area contributed by atoms with Crippen molar-refractivity contribution in [2.24, 2.45) is 0 Å². The second kappa shape index (κ2) is 3.61. The average molecular weight is 214 g/mol. The molecule has 0 fully saturated rings. The summed E-state index contributed by atoms with van der Waals surface area (Å²) >= 11 is 0. The lowest BCUT2D eigenvalue weighted by Crippen LogP contribution is -2.08. The van der Waals surface area contributed by atoms with Crippen molar-refractivity contribution < 1.29 is 12.6 Å². The van der Waals surface area contributed by atoms with Gasteiger partial charge in [0.2, 0.25) is 0 Å². The SMILES string of the molecule is Cc1cc(C)c(OS(C)(=O)=O)c(C)c1. The summed E-state index contributed by atoms with van der Waals surface area (Å²) in [6.45, 7) is 5.63. The second-order valence-corrected chi connectivity index (χ2v) is 5.09. The van der Waals surface area contributed by atoms with Crippen LogP contribution in [0.1, 0.15) is 16.7 Å². The minimum atomic E-state index is -3.44. The topological polar surface area (TPSA) is 43.4 Å². The Morgan fingerprint density at radius 2 is 1.50 bits per heavy atom. The lowest BCUT2D eigenvalue weighted by Gasteiger charge is -2.10. The summed E-state index contributed by atoms with van der Waals surface area (Å²) < 4.78 is 26.8. The average Bonchev–Trinajstić information content (AvgIpc) is 1.95. The molecule has 0 aliphatic rings. The van der Waals surface area contributed by atoms with Crippen molar-refractivity contribution in [3.8, 4) is 5.75 Å². The molecule has 4 heteroatoms. The van der Waals surface area contributed by atoms with Crippen LogP contribution in [0.2, 0.25) is 0 Å². The molecule has 0 unspecified atom stereocenters. The standard InChI is InChI=1S/C10H14O3S/c1-7-5-8(2)10(9(3)6-7)13-14(4,11)12/h5-6H,1-4H3. The molecule has 1 rings (SSSR count). The Hall–Kier alpha value is -1.03. The van der Waals surface area contributed by atoms with Gasteiger partial charge in [-0.25, -0.2) is 0 Å². The molecule has 14 heavy (non-hydrogen) atoms. The molecule has 0 aliphatic carbocycles. The number of hydrogen-bond acceptors (Lipinski definition) is 3. The third-order valence-corrected chi connectivity index (χ3v) is 2.31. The third kappa shape index (κ3) is 2.73. The van der Waals surface area contributed by atoms with Gasteiger partial charge in [0.05, 0.1) is 6.26 Å². The maximum absolute atomic E-state index is 11.0. The van der Waals surface area contributed by atoms with Crippen molar-refractivity contribution in [3.05, 3.63) is 28.8 Å². The molecule has 0 spiro atoms. The summed E-state index contributed by atoms with van der Waals surface area (Å²) in [7, 11) is -3.44. The summed E-state index contributed by atoms with van der Waals surface area (Å²) in [5.74, 6) is 0.443. The molecular formula is C10H14O3S. The van der Waals surface area contributed by atoms with Crippen molar-refractivity contribution in [3.63, 3.8) is 0 Å². The number of benzene rings is 1. The summed E-state index contributed by atoms with van der Waals surface area (Å²) in [5, 5.41) is 0. The van der Waals surface area contributed by atoms with Crippen LogP contribution in [0.15, 0.2) is 12.1 Å². The minimum absolute atomic E-state index is 0.443. The predicted octanol–water partition coefficient (Wildman–Crippen LogP) is 1.95. The molecule has 0 heterocycles. The lowest BCUT2D eigenvalue weighted by molar-refractivity contribution is 0.489. The molecule has 0 atom stereocenters. The van der Waals surface area contributed by atoms with Gasteiger partial charge in [0.1, 0.15) is 5.75 Å². The van der Waals surface area contributed by atoms with Gasteiger partial charge in [0.15, 0.2) is 0 Å². The van der Waals surface area contributed by atoms with Gasteiger partial charge >= 0.3 is 10.1 Å². The predicted molar refractivity (Wildman–Crippen MR) is 56.1 cm³/mol. The van der Waals surface area contributed by atoms with Crippen LogP contribution in [0, 0.1) is 20.8 Å². The van der Waals surface area contributed by atoms with Crippen LogP contribution >= 0.6 is 0 Å². The van der Waals surface area contributed by atoms with E-state index in [0.29, 0.717) is 5.75 Å². The molecule has 78 valence electrons. The van der Waals surface area contributed by atoms with Gasteiger partial charge in [-0.3, -0.25) is 0 Å². The van der Waals surface area contributed by atoms with Crippen LogP contribution in [-0.4, -0.2) is 14.7 Å². The molecule has 1 aromatic rings. The van der Waals surface area contributed by atoms with Gasteiger partial charge in [-0.2, -0.15) is 8.42 Å². The van der Waals surface area contributed by atoms with Gasteiger partial charge in [0, 0.05) is 0 Å². The quantitative estimate of drug-likeness (QED) is 0.707. The van der Waals surface area contributed by atoms with Crippen molar-refractivity contribution >= 4 is 10.1 Å². The maximum atomic E-state index is 11.0. The smallest absolute Gasteiger partial charge is 0.306 e. The molecule has 0 aromatic heterocycles. The molecule has 0 radical (unpaired) electrons. The highest BCUT2D eigenvalue weighted by molar-refractivity contribution is 7.86.